The van der Waals surface area contributed by atoms with Gasteiger partial charge in [0.25, 0.3) is 0 Å². The van der Waals surface area contributed by atoms with Crippen LogP contribution < -0.4 is 0 Å². The molecule has 0 aromatic heterocycles. The number of carbonyl (C=O) groups is 1. The second-order valence-electron chi connectivity index (χ2n) is 4.70. The molecule has 1 saturated heterocycles. The smallest absolute Gasteiger partial charge is 0.223 e. The van der Waals surface area contributed by atoms with Gasteiger partial charge in [-0.1, -0.05) is 6.07 Å². The van der Waals surface area contributed by atoms with E-state index in [1.165, 1.54) is 18.2 Å². The topological polar surface area (TPSA) is 23.6 Å². The van der Waals surface area contributed by atoms with Crippen LogP contribution in [-0.4, -0.2) is 41.9 Å². The van der Waals surface area contributed by atoms with Crippen molar-refractivity contribution in [3.8, 4) is 0 Å². The zero-order valence-electron chi connectivity index (χ0n) is 11.0. The summed E-state index contributed by atoms with van der Waals surface area (Å²) in [5, 5.41) is 0. The molecule has 1 heterocycles. The van der Waals surface area contributed by atoms with Crippen molar-refractivity contribution in [2.24, 2.45) is 0 Å². The molecule has 0 atom stereocenters. The normalized spacial score (nSPS) is 17.6. The minimum atomic E-state index is -0.525. The van der Waals surface area contributed by atoms with Crippen molar-refractivity contribution in [2.75, 3.05) is 26.2 Å². The second kappa shape index (κ2) is 6.10. The molecule has 5 heteroatoms. The van der Waals surface area contributed by atoms with Crippen LogP contribution in [0.15, 0.2) is 18.2 Å². The molecule has 3 nitrogen and oxygen atoms in total. The van der Waals surface area contributed by atoms with Gasteiger partial charge in [-0.3, -0.25) is 9.69 Å². The third-order valence-corrected chi connectivity index (χ3v) is 3.51. The first-order chi connectivity index (χ1) is 9.11. The highest BCUT2D eigenvalue weighted by atomic mass is 19.1. The van der Waals surface area contributed by atoms with Crippen molar-refractivity contribution in [2.45, 2.75) is 19.9 Å². The summed E-state index contributed by atoms with van der Waals surface area (Å²) in [7, 11) is 0. The van der Waals surface area contributed by atoms with Crippen LogP contribution in [0, 0.1) is 11.6 Å². The summed E-state index contributed by atoms with van der Waals surface area (Å²) in [6.07, 6.45) is 0.407. The van der Waals surface area contributed by atoms with Gasteiger partial charge in [0.15, 0.2) is 0 Å². The summed E-state index contributed by atoms with van der Waals surface area (Å²) in [6, 6.07) is 3.89. The number of hydrogen-bond acceptors (Lipinski definition) is 2. The van der Waals surface area contributed by atoms with Crippen molar-refractivity contribution in [1.29, 1.82) is 0 Å². The summed E-state index contributed by atoms with van der Waals surface area (Å²) in [5.74, 6) is -0.940. The number of rotatable bonds is 3. The predicted octanol–water partition coefficient (Wildman–Crippen LogP) is 2.02. The van der Waals surface area contributed by atoms with Crippen molar-refractivity contribution < 1.29 is 13.6 Å². The fourth-order valence-electron chi connectivity index (χ4n) is 2.31. The summed E-state index contributed by atoms with van der Waals surface area (Å²) >= 11 is 0. The van der Waals surface area contributed by atoms with Crippen molar-refractivity contribution in [3.63, 3.8) is 0 Å². The first-order valence-corrected chi connectivity index (χ1v) is 6.55. The molecule has 1 amide bonds. The summed E-state index contributed by atoms with van der Waals surface area (Å²) in [5.41, 5.74) is 0.0832. The Morgan fingerprint density at radius 3 is 2.47 bits per heavy atom. The molecule has 0 bridgehead atoms. The number of hydrogen-bond donors (Lipinski definition) is 0. The molecule has 0 spiro atoms. The molecule has 0 aliphatic carbocycles. The predicted molar refractivity (Wildman–Crippen MR) is 68.5 cm³/mol. The SMILES string of the molecule is CCN1CCN(Cc2c(F)cccc2F)CCC1=O. The van der Waals surface area contributed by atoms with E-state index >= 15 is 0 Å². The molecule has 1 aliphatic heterocycles. The molecule has 2 rings (SSSR count). The van der Waals surface area contributed by atoms with E-state index in [1.54, 1.807) is 4.90 Å². The lowest BCUT2D eigenvalue weighted by Gasteiger charge is -2.21. The van der Waals surface area contributed by atoms with Gasteiger partial charge >= 0.3 is 0 Å². The molecule has 1 aliphatic rings. The van der Waals surface area contributed by atoms with Crippen LogP contribution >= 0.6 is 0 Å². The molecule has 1 aromatic rings. The van der Waals surface area contributed by atoms with E-state index in [-0.39, 0.29) is 18.0 Å². The average molecular weight is 268 g/mol. The highest BCUT2D eigenvalue weighted by Crippen LogP contribution is 2.16. The highest BCUT2D eigenvalue weighted by molar-refractivity contribution is 5.76. The van der Waals surface area contributed by atoms with E-state index in [0.717, 1.165) is 0 Å². The van der Waals surface area contributed by atoms with Gasteiger partial charge in [-0.15, -0.1) is 0 Å². The minimum absolute atomic E-state index is 0.0832. The quantitative estimate of drug-likeness (QED) is 0.837. The van der Waals surface area contributed by atoms with Crippen LogP contribution in [0.3, 0.4) is 0 Å². The van der Waals surface area contributed by atoms with Gasteiger partial charge in [0.1, 0.15) is 11.6 Å². The number of amides is 1. The molecule has 0 saturated carbocycles. The van der Waals surface area contributed by atoms with Crippen LogP contribution in [0.25, 0.3) is 0 Å². The number of nitrogens with zero attached hydrogens (tertiary/aromatic N) is 2. The van der Waals surface area contributed by atoms with Crippen molar-refractivity contribution in [1.82, 2.24) is 9.80 Å². The monoisotopic (exact) mass is 268 g/mol. The summed E-state index contributed by atoms with van der Waals surface area (Å²) < 4.78 is 27.2. The van der Waals surface area contributed by atoms with E-state index < -0.39 is 11.6 Å². The Balaban J connectivity index is 2.06. The van der Waals surface area contributed by atoms with E-state index in [9.17, 15) is 13.6 Å². The standard InChI is InChI=1S/C14H18F2N2O/c1-2-18-9-8-17(7-6-14(18)19)10-11-12(15)4-3-5-13(11)16/h3-5H,2,6-10H2,1H3. The first-order valence-electron chi connectivity index (χ1n) is 6.55. The van der Waals surface area contributed by atoms with E-state index in [1.807, 2.05) is 11.8 Å². The maximum absolute atomic E-state index is 13.6. The van der Waals surface area contributed by atoms with E-state index in [0.29, 0.717) is 32.6 Å². The number of likely N-dealkylation sites (N-methyl/N-ethyl adjacent to an activating group) is 1. The minimum Gasteiger partial charge on any atom is -0.342 e. The zero-order valence-corrected chi connectivity index (χ0v) is 11.0. The lowest BCUT2D eigenvalue weighted by atomic mass is 10.2. The van der Waals surface area contributed by atoms with Gasteiger partial charge in [-0.25, -0.2) is 8.78 Å². The number of halogens is 2. The Kier molecular flexibility index (Phi) is 4.47. The van der Waals surface area contributed by atoms with Crippen molar-refractivity contribution in [3.05, 3.63) is 35.4 Å². The van der Waals surface area contributed by atoms with Gasteiger partial charge in [0.2, 0.25) is 5.91 Å². The molecular formula is C14H18F2N2O. The Morgan fingerprint density at radius 1 is 1.16 bits per heavy atom. The van der Waals surface area contributed by atoms with Gasteiger partial charge < -0.3 is 4.90 Å². The van der Waals surface area contributed by atoms with Crippen LogP contribution in [0.5, 0.6) is 0 Å². The Labute approximate surface area is 111 Å². The molecule has 1 aromatic carbocycles. The average Bonchev–Trinajstić information content (AvgIpc) is 2.56. The zero-order chi connectivity index (χ0) is 13.8. The van der Waals surface area contributed by atoms with Gasteiger partial charge in [0, 0.05) is 44.7 Å². The summed E-state index contributed by atoms with van der Waals surface area (Å²) in [4.78, 5) is 15.4. The van der Waals surface area contributed by atoms with Crippen LogP contribution in [0.2, 0.25) is 0 Å². The Bertz CT molecular complexity index is 445. The molecule has 0 radical (unpaired) electrons. The van der Waals surface area contributed by atoms with E-state index in [2.05, 4.69) is 0 Å². The Hall–Kier alpha value is -1.49. The third-order valence-electron chi connectivity index (χ3n) is 3.51. The molecular weight excluding hydrogens is 250 g/mol. The summed E-state index contributed by atoms with van der Waals surface area (Å²) in [6.45, 7) is 4.63. The largest absolute Gasteiger partial charge is 0.342 e. The fourth-order valence-corrected chi connectivity index (χ4v) is 2.31. The fraction of sp³-hybridized carbons (Fsp3) is 0.500. The molecule has 1 fully saturated rings. The van der Waals surface area contributed by atoms with Gasteiger partial charge in [0.05, 0.1) is 0 Å². The molecule has 0 unspecified atom stereocenters. The maximum atomic E-state index is 13.6. The molecule has 19 heavy (non-hydrogen) atoms. The third kappa shape index (κ3) is 3.29. The lowest BCUT2D eigenvalue weighted by Crippen LogP contribution is -2.33. The van der Waals surface area contributed by atoms with Crippen LogP contribution in [0.1, 0.15) is 18.9 Å². The first kappa shape index (κ1) is 13.9. The van der Waals surface area contributed by atoms with Gasteiger partial charge in [-0.2, -0.15) is 0 Å². The van der Waals surface area contributed by atoms with Crippen LogP contribution in [0.4, 0.5) is 8.78 Å². The van der Waals surface area contributed by atoms with E-state index in [4.69, 9.17) is 0 Å². The number of carbonyl (C=O) groups excluding carboxylic acids is 1. The van der Waals surface area contributed by atoms with Crippen LogP contribution in [-0.2, 0) is 11.3 Å². The maximum Gasteiger partial charge on any atom is 0.223 e. The molecule has 0 N–H and O–H groups in total. The van der Waals surface area contributed by atoms with Gasteiger partial charge in [-0.05, 0) is 19.1 Å². The van der Waals surface area contributed by atoms with Crippen molar-refractivity contribution >= 4 is 5.91 Å². The highest BCUT2D eigenvalue weighted by Gasteiger charge is 2.21. The lowest BCUT2D eigenvalue weighted by molar-refractivity contribution is -0.130. The second-order valence-corrected chi connectivity index (χ2v) is 4.70. The Morgan fingerprint density at radius 2 is 1.84 bits per heavy atom. The number of benzene rings is 1. The molecule has 104 valence electrons.